The fourth-order valence-corrected chi connectivity index (χ4v) is 4.15. The van der Waals surface area contributed by atoms with Crippen LogP contribution in [0, 0.1) is 12.7 Å². The number of anilines is 1. The summed E-state index contributed by atoms with van der Waals surface area (Å²) in [7, 11) is 0. The van der Waals surface area contributed by atoms with Crippen molar-refractivity contribution >= 4 is 34.6 Å². The van der Waals surface area contributed by atoms with Crippen LogP contribution in [-0.4, -0.2) is 14.6 Å². The highest BCUT2D eigenvalue weighted by molar-refractivity contribution is 7.80. The monoisotopic (exact) mass is 477 g/mol. The quantitative estimate of drug-likeness (QED) is 0.288. The van der Waals surface area contributed by atoms with Crippen LogP contribution in [-0.2, 0) is 19.6 Å². The fourth-order valence-electron chi connectivity index (χ4n) is 3.69. The van der Waals surface area contributed by atoms with E-state index in [1.165, 1.54) is 17.7 Å². The maximum Gasteiger partial charge on any atom is 0.174 e. The van der Waals surface area contributed by atoms with Crippen LogP contribution in [0.3, 0.4) is 0 Å². The van der Waals surface area contributed by atoms with Gasteiger partial charge >= 0.3 is 0 Å². The third-order valence-electron chi connectivity index (χ3n) is 5.52. The Bertz CT molecular complexity index is 1240. The lowest BCUT2D eigenvalue weighted by Gasteiger charge is -2.27. The van der Waals surface area contributed by atoms with Gasteiger partial charge in [0.25, 0.3) is 0 Å². The lowest BCUT2D eigenvalue weighted by molar-refractivity contribution is 0.399. The van der Waals surface area contributed by atoms with Gasteiger partial charge in [-0.2, -0.15) is 0 Å². The van der Waals surface area contributed by atoms with Gasteiger partial charge in [0.15, 0.2) is 5.11 Å². The molecule has 0 fully saturated rings. The molecule has 33 heavy (non-hydrogen) atoms. The number of thiocarbonyl (C=S) groups is 1. The number of halogens is 2. The zero-order valence-corrected chi connectivity index (χ0v) is 19.9. The summed E-state index contributed by atoms with van der Waals surface area (Å²) in [5.41, 5.74) is 5.25. The summed E-state index contributed by atoms with van der Waals surface area (Å²) >= 11 is 12.1. The van der Waals surface area contributed by atoms with Crippen LogP contribution in [0.5, 0.6) is 0 Å². The normalized spacial score (nSPS) is 10.8. The summed E-state index contributed by atoms with van der Waals surface area (Å²) in [6, 6.07) is 27.0. The third kappa shape index (κ3) is 6.01. The standard InChI is InChI=1S/C27H25ClFN3S/c1-20-8-5-6-12-26(20)30-27(33)32(17-21-9-3-2-4-10-21)19-24-11-7-15-31(24)18-22-13-14-23(29)16-25(22)28/h2-16H,17-19H2,1H3,(H,30,33). The summed E-state index contributed by atoms with van der Waals surface area (Å²) in [5, 5.41) is 4.49. The van der Waals surface area contributed by atoms with E-state index in [1.807, 2.05) is 48.7 Å². The molecular formula is C27H25ClFN3S. The predicted molar refractivity (Wildman–Crippen MR) is 138 cm³/mol. The van der Waals surface area contributed by atoms with Crippen LogP contribution in [0.1, 0.15) is 22.4 Å². The molecule has 4 aromatic rings. The van der Waals surface area contributed by atoms with E-state index in [4.69, 9.17) is 23.8 Å². The van der Waals surface area contributed by atoms with E-state index in [0.29, 0.717) is 29.8 Å². The van der Waals surface area contributed by atoms with E-state index < -0.39 is 0 Å². The Morgan fingerprint density at radius 3 is 2.48 bits per heavy atom. The number of rotatable bonds is 7. The second-order valence-electron chi connectivity index (χ2n) is 7.95. The van der Waals surface area contributed by atoms with E-state index in [9.17, 15) is 4.39 Å². The SMILES string of the molecule is Cc1ccccc1NC(=S)N(Cc1ccccc1)Cc1cccn1Cc1ccc(F)cc1Cl. The van der Waals surface area contributed by atoms with Crippen molar-refractivity contribution in [1.29, 1.82) is 0 Å². The highest BCUT2D eigenvalue weighted by atomic mass is 35.5. The molecule has 0 aliphatic rings. The Morgan fingerprint density at radius 2 is 1.73 bits per heavy atom. The van der Waals surface area contributed by atoms with Crippen LogP contribution in [0.2, 0.25) is 5.02 Å². The largest absolute Gasteiger partial charge is 0.345 e. The number of para-hydroxylation sites is 1. The molecule has 4 rings (SSSR count). The van der Waals surface area contributed by atoms with Crippen LogP contribution in [0.25, 0.3) is 0 Å². The molecule has 3 aromatic carbocycles. The Kier molecular flexibility index (Phi) is 7.43. The maximum absolute atomic E-state index is 13.5. The third-order valence-corrected chi connectivity index (χ3v) is 6.23. The molecule has 1 aromatic heterocycles. The highest BCUT2D eigenvalue weighted by Gasteiger charge is 2.15. The molecule has 0 spiro atoms. The second kappa shape index (κ2) is 10.6. The van der Waals surface area contributed by atoms with Crippen molar-refractivity contribution in [2.75, 3.05) is 5.32 Å². The lowest BCUT2D eigenvalue weighted by atomic mass is 10.2. The topological polar surface area (TPSA) is 20.2 Å². The first kappa shape index (κ1) is 23.0. The number of nitrogens with one attached hydrogen (secondary N) is 1. The Balaban J connectivity index is 1.57. The number of aryl methyl sites for hydroxylation is 1. The molecule has 0 bridgehead atoms. The molecule has 0 aliphatic carbocycles. The molecule has 6 heteroatoms. The van der Waals surface area contributed by atoms with Crippen LogP contribution in [0.4, 0.5) is 10.1 Å². The number of nitrogens with zero attached hydrogens (tertiary/aromatic N) is 2. The zero-order valence-electron chi connectivity index (χ0n) is 18.3. The van der Waals surface area contributed by atoms with Crippen LogP contribution >= 0.6 is 23.8 Å². The van der Waals surface area contributed by atoms with Gasteiger partial charge in [-0.1, -0.05) is 66.2 Å². The first-order valence-corrected chi connectivity index (χ1v) is 11.5. The first-order valence-electron chi connectivity index (χ1n) is 10.7. The molecule has 0 atom stereocenters. The van der Waals surface area contributed by atoms with Crippen LogP contribution < -0.4 is 5.32 Å². The van der Waals surface area contributed by atoms with E-state index in [1.54, 1.807) is 6.07 Å². The van der Waals surface area contributed by atoms with E-state index in [-0.39, 0.29) is 5.82 Å². The minimum Gasteiger partial charge on any atom is -0.345 e. The van der Waals surface area contributed by atoms with Gasteiger partial charge in [-0.05, 0) is 66.2 Å². The van der Waals surface area contributed by atoms with Gasteiger partial charge in [-0.25, -0.2) is 4.39 Å². The van der Waals surface area contributed by atoms with E-state index in [0.717, 1.165) is 22.5 Å². The van der Waals surface area contributed by atoms with Crippen LogP contribution in [0.15, 0.2) is 91.1 Å². The Labute approximate surface area is 204 Å². The summed E-state index contributed by atoms with van der Waals surface area (Å²) in [6.45, 7) is 3.89. The lowest BCUT2D eigenvalue weighted by Crippen LogP contribution is -2.34. The molecule has 1 heterocycles. The molecule has 3 nitrogen and oxygen atoms in total. The van der Waals surface area contributed by atoms with Gasteiger partial charge in [0.2, 0.25) is 0 Å². The maximum atomic E-state index is 13.5. The summed E-state index contributed by atoms with van der Waals surface area (Å²) in [6.07, 6.45) is 2.01. The van der Waals surface area contributed by atoms with E-state index in [2.05, 4.69) is 46.0 Å². The average Bonchev–Trinajstić information content (AvgIpc) is 3.24. The van der Waals surface area contributed by atoms with Gasteiger partial charge < -0.3 is 14.8 Å². The van der Waals surface area contributed by atoms with Gasteiger partial charge in [-0.3, -0.25) is 0 Å². The molecule has 0 radical (unpaired) electrons. The van der Waals surface area contributed by atoms with Crippen molar-refractivity contribution in [2.24, 2.45) is 0 Å². The molecule has 0 amide bonds. The molecule has 0 saturated heterocycles. The Hall–Kier alpha value is -3.15. The van der Waals surface area contributed by atoms with Crippen molar-refractivity contribution in [3.05, 3.63) is 124 Å². The van der Waals surface area contributed by atoms with E-state index >= 15 is 0 Å². The summed E-state index contributed by atoms with van der Waals surface area (Å²) < 4.78 is 15.6. The average molecular weight is 478 g/mol. The number of benzene rings is 3. The second-order valence-corrected chi connectivity index (χ2v) is 8.74. The predicted octanol–water partition coefficient (Wildman–Crippen LogP) is 7.04. The highest BCUT2D eigenvalue weighted by Crippen LogP contribution is 2.21. The van der Waals surface area contributed by atoms with Crippen molar-refractivity contribution < 1.29 is 4.39 Å². The first-order chi connectivity index (χ1) is 16.0. The number of hydrogen-bond donors (Lipinski definition) is 1. The smallest absolute Gasteiger partial charge is 0.174 e. The number of hydrogen-bond acceptors (Lipinski definition) is 1. The van der Waals surface area contributed by atoms with Gasteiger partial charge in [-0.15, -0.1) is 0 Å². The van der Waals surface area contributed by atoms with Crippen molar-refractivity contribution in [2.45, 2.75) is 26.6 Å². The minimum atomic E-state index is -0.335. The molecule has 168 valence electrons. The van der Waals surface area contributed by atoms with Gasteiger partial charge in [0.1, 0.15) is 5.82 Å². The molecule has 1 N–H and O–H groups in total. The zero-order chi connectivity index (χ0) is 23.2. The summed E-state index contributed by atoms with van der Waals surface area (Å²) in [5.74, 6) is -0.335. The molecule has 0 aliphatic heterocycles. The Morgan fingerprint density at radius 1 is 0.970 bits per heavy atom. The molecular weight excluding hydrogens is 453 g/mol. The van der Waals surface area contributed by atoms with Crippen molar-refractivity contribution in [1.82, 2.24) is 9.47 Å². The minimum absolute atomic E-state index is 0.335. The van der Waals surface area contributed by atoms with Crippen molar-refractivity contribution in [3.8, 4) is 0 Å². The molecule has 0 saturated carbocycles. The van der Waals surface area contributed by atoms with Crippen molar-refractivity contribution in [3.63, 3.8) is 0 Å². The molecule has 0 unspecified atom stereocenters. The fraction of sp³-hybridized carbons (Fsp3) is 0.148. The number of aromatic nitrogens is 1. The van der Waals surface area contributed by atoms with Gasteiger partial charge in [0.05, 0.1) is 6.54 Å². The van der Waals surface area contributed by atoms with Gasteiger partial charge in [0, 0.05) is 35.7 Å². The summed E-state index contributed by atoms with van der Waals surface area (Å²) in [4.78, 5) is 2.15.